The van der Waals surface area contributed by atoms with E-state index >= 15 is 0 Å². The van der Waals surface area contributed by atoms with Gasteiger partial charge in [0.15, 0.2) is 0 Å². The van der Waals surface area contributed by atoms with Gasteiger partial charge in [0, 0.05) is 23.0 Å². The van der Waals surface area contributed by atoms with Gasteiger partial charge in [0.1, 0.15) is 5.82 Å². The van der Waals surface area contributed by atoms with E-state index in [4.69, 9.17) is 17.3 Å². The topological polar surface area (TPSA) is 46.3 Å². The number of carbonyl (C=O) groups excluding carboxylic acids is 1. The van der Waals surface area contributed by atoms with Crippen molar-refractivity contribution in [2.75, 3.05) is 0 Å². The van der Waals surface area contributed by atoms with Crippen molar-refractivity contribution in [1.29, 1.82) is 0 Å². The highest BCUT2D eigenvalue weighted by Crippen LogP contribution is 2.38. The molecular formula is C14H18ClFN2O. The average Bonchev–Trinajstić information content (AvgIpc) is 2.51. The molecule has 0 aliphatic carbocycles. The average molecular weight is 285 g/mol. The van der Waals surface area contributed by atoms with E-state index in [9.17, 15) is 9.18 Å². The zero-order valence-corrected chi connectivity index (χ0v) is 12.0. The molecule has 0 saturated carbocycles. The summed E-state index contributed by atoms with van der Waals surface area (Å²) in [6, 6.07) is 3.64. The minimum absolute atomic E-state index is 0.00890. The van der Waals surface area contributed by atoms with Crippen molar-refractivity contribution in [3.05, 3.63) is 34.6 Å². The summed E-state index contributed by atoms with van der Waals surface area (Å²) in [7, 11) is 0. The summed E-state index contributed by atoms with van der Waals surface area (Å²) in [5.74, 6) is -0.423. The lowest BCUT2D eigenvalue weighted by Crippen LogP contribution is -2.45. The van der Waals surface area contributed by atoms with E-state index in [1.165, 1.54) is 12.1 Å². The summed E-state index contributed by atoms with van der Waals surface area (Å²) < 4.78 is 13.5. The van der Waals surface area contributed by atoms with Crippen molar-refractivity contribution in [3.63, 3.8) is 0 Å². The highest BCUT2D eigenvalue weighted by molar-refractivity contribution is 6.30. The first kappa shape index (κ1) is 14.3. The predicted molar refractivity (Wildman–Crippen MR) is 73.3 cm³/mol. The second-order valence-corrected chi connectivity index (χ2v) is 6.39. The van der Waals surface area contributed by atoms with Gasteiger partial charge in [-0.2, -0.15) is 0 Å². The van der Waals surface area contributed by atoms with E-state index in [1.807, 2.05) is 20.8 Å². The number of benzene rings is 1. The molecule has 0 aromatic heterocycles. The Morgan fingerprint density at radius 1 is 1.37 bits per heavy atom. The number of hydrogen-bond acceptors (Lipinski definition) is 2. The fourth-order valence-electron chi connectivity index (χ4n) is 2.69. The minimum Gasteiger partial charge on any atom is -0.329 e. The quantitative estimate of drug-likeness (QED) is 0.862. The van der Waals surface area contributed by atoms with E-state index in [1.54, 1.807) is 11.0 Å². The van der Waals surface area contributed by atoms with Crippen LogP contribution in [0.25, 0.3) is 0 Å². The SMILES string of the molecule is CC(C)(C)N1C(=O)CC(N)C1c1cc(F)cc(Cl)c1. The summed E-state index contributed by atoms with van der Waals surface area (Å²) in [4.78, 5) is 13.8. The molecule has 19 heavy (non-hydrogen) atoms. The van der Waals surface area contributed by atoms with Crippen LogP contribution in [0.2, 0.25) is 5.02 Å². The number of carbonyl (C=O) groups is 1. The molecule has 3 nitrogen and oxygen atoms in total. The van der Waals surface area contributed by atoms with Crippen LogP contribution in [-0.4, -0.2) is 22.4 Å². The van der Waals surface area contributed by atoms with E-state index in [2.05, 4.69) is 0 Å². The van der Waals surface area contributed by atoms with Crippen molar-refractivity contribution in [3.8, 4) is 0 Å². The molecule has 2 rings (SSSR count). The molecule has 1 aliphatic rings. The van der Waals surface area contributed by atoms with Crippen molar-refractivity contribution >= 4 is 17.5 Å². The molecule has 2 unspecified atom stereocenters. The Hall–Kier alpha value is -1.13. The third-order valence-electron chi connectivity index (χ3n) is 3.31. The monoisotopic (exact) mass is 284 g/mol. The maximum absolute atomic E-state index is 13.5. The first-order chi connectivity index (χ1) is 8.70. The second-order valence-electron chi connectivity index (χ2n) is 5.95. The molecule has 0 bridgehead atoms. The Morgan fingerprint density at radius 3 is 2.53 bits per heavy atom. The van der Waals surface area contributed by atoms with E-state index in [0.717, 1.165) is 0 Å². The Bertz CT molecular complexity index is 492. The van der Waals surface area contributed by atoms with Crippen LogP contribution >= 0.6 is 11.6 Å². The third kappa shape index (κ3) is 2.74. The van der Waals surface area contributed by atoms with Crippen LogP contribution in [0.5, 0.6) is 0 Å². The molecule has 1 aromatic carbocycles. The van der Waals surface area contributed by atoms with Crippen LogP contribution in [0.4, 0.5) is 4.39 Å². The van der Waals surface area contributed by atoms with Crippen LogP contribution < -0.4 is 5.73 Å². The van der Waals surface area contributed by atoms with Crippen LogP contribution in [0.3, 0.4) is 0 Å². The van der Waals surface area contributed by atoms with Crippen LogP contribution in [0, 0.1) is 5.82 Å². The Morgan fingerprint density at radius 2 is 2.00 bits per heavy atom. The lowest BCUT2D eigenvalue weighted by Gasteiger charge is -2.38. The van der Waals surface area contributed by atoms with E-state index in [0.29, 0.717) is 10.6 Å². The molecule has 1 fully saturated rings. The Kier molecular flexibility index (Phi) is 3.58. The maximum atomic E-state index is 13.5. The van der Waals surface area contributed by atoms with Crippen molar-refractivity contribution in [2.45, 2.75) is 44.8 Å². The summed E-state index contributed by atoms with van der Waals surface area (Å²) in [5, 5.41) is 0.315. The smallest absolute Gasteiger partial charge is 0.225 e. The van der Waals surface area contributed by atoms with Gasteiger partial charge in [-0.1, -0.05) is 11.6 Å². The number of hydrogen-bond donors (Lipinski definition) is 1. The van der Waals surface area contributed by atoms with Gasteiger partial charge >= 0.3 is 0 Å². The fraction of sp³-hybridized carbons (Fsp3) is 0.500. The highest BCUT2D eigenvalue weighted by atomic mass is 35.5. The summed E-state index contributed by atoms with van der Waals surface area (Å²) >= 11 is 5.89. The summed E-state index contributed by atoms with van der Waals surface area (Å²) in [6.07, 6.45) is 0.274. The van der Waals surface area contributed by atoms with Gasteiger partial charge in [0.25, 0.3) is 0 Å². The van der Waals surface area contributed by atoms with Gasteiger partial charge in [-0.25, -0.2) is 4.39 Å². The number of nitrogens with zero attached hydrogens (tertiary/aromatic N) is 1. The first-order valence-corrected chi connectivity index (χ1v) is 6.61. The number of nitrogens with two attached hydrogens (primary N) is 1. The van der Waals surface area contributed by atoms with Gasteiger partial charge < -0.3 is 10.6 Å². The van der Waals surface area contributed by atoms with Gasteiger partial charge in [-0.05, 0) is 44.5 Å². The molecule has 1 aliphatic heterocycles. The maximum Gasteiger partial charge on any atom is 0.225 e. The normalized spacial score (nSPS) is 24.1. The van der Waals surface area contributed by atoms with Gasteiger partial charge in [0.2, 0.25) is 5.91 Å². The van der Waals surface area contributed by atoms with Gasteiger partial charge in [-0.3, -0.25) is 4.79 Å². The van der Waals surface area contributed by atoms with Crippen LogP contribution in [0.15, 0.2) is 18.2 Å². The lowest BCUT2D eigenvalue weighted by atomic mass is 9.97. The Labute approximate surface area is 117 Å². The predicted octanol–water partition coefficient (Wildman–Crippen LogP) is 2.88. The zero-order valence-electron chi connectivity index (χ0n) is 11.3. The number of likely N-dealkylation sites (tertiary alicyclic amines) is 1. The molecule has 1 aromatic rings. The van der Waals surface area contributed by atoms with Crippen LogP contribution in [0.1, 0.15) is 38.8 Å². The fourth-order valence-corrected chi connectivity index (χ4v) is 2.92. The second kappa shape index (κ2) is 4.76. The first-order valence-electron chi connectivity index (χ1n) is 6.24. The zero-order chi connectivity index (χ0) is 14.4. The number of rotatable bonds is 1. The molecule has 5 heteroatoms. The van der Waals surface area contributed by atoms with E-state index < -0.39 is 5.82 Å². The van der Waals surface area contributed by atoms with Gasteiger partial charge in [-0.15, -0.1) is 0 Å². The molecule has 1 heterocycles. The largest absolute Gasteiger partial charge is 0.329 e. The van der Waals surface area contributed by atoms with Crippen molar-refractivity contribution in [2.24, 2.45) is 5.73 Å². The summed E-state index contributed by atoms with van der Waals surface area (Å²) in [5.41, 5.74) is 6.35. The molecule has 1 saturated heterocycles. The third-order valence-corrected chi connectivity index (χ3v) is 3.53. The molecule has 2 N–H and O–H groups in total. The molecule has 0 spiro atoms. The van der Waals surface area contributed by atoms with Gasteiger partial charge in [0.05, 0.1) is 6.04 Å². The van der Waals surface area contributed by atoms with Crippen molar-refractivity contribution in [1.82, 2.24) is 4.90 Å². The van der Waals surface area contributed by atoms with E-state index in [-0.39, 0.29) is 30.0 Å². The minimum atomic E-state index is -0.414. The number of amides is 1. The molecule has 104 valence electrons. The molecule has 2 atom stereocenters. The summed E-state index contributed by atoms with van der Waals surface area (Å²) in [6.45, 7) is 5.82. The molecule has 0 radical (unpaired) electrons. The Balaban J connectivity index is 2.48. The lowest BCUT2D eigenvalue weighted by molar-refractivity contribution is -0.133. The number of halogens is 2. The van der Waals surface area contributed by atoms with Crippen LogP contribution in [-0.2, 0) is 4.79 Å². The standard InChI is InChI=1S/C14H18ClFN2O/c1-14(2,3)18-12(19)7-11(17)13(18)8-4-9(15)6-10(16)5-8/h4-6,11,13H,7,17H2,1-3H3. The molecular weight excluding hydrogens is 267 g/mol. The van der Waals surface area contributed by atoms with Crippen molar-refractivity contribution < 1.29 is 9.18 Å². The molecule has 1 amide bonds. The highest BCUT2D eigenvalue weighted by Gasteiger charge is 2.44.